The maximum atomic E-state index is 13.7. The fraction of sp³-hybridized carbons (Fsp3) is 0.312. The third-order valence-electron chi connectivity index (χ3n) is 3.16. The zero-order chi connectivity index (χ0) is 14.4. The summed E-state index contributed by atoms with van der Waals surface area (Å²) in [7, 11) is 0. The highest BCUT2D eigenvalue weighted by Gasteiger charge is 2.13. The molecule has 0 fully saturated rings. The van der Waals surface area contributed by atoms with Gasteiger partial charge in [0.1, 0.15) is 11.6 Å². The zero-order valence-electron chi connectivity index (χ0n) is 11.4. The van der Waals surface area contributed by atoms with Crippen molar-refractivity contribution in [3.05, 3.63) is 65.5 Å². The van der Waals surface area contributed by atoms with E-state index in [9.17, 15) is 8.78 Å². The van der Waals surface area contributed by atoms with E-state index in [1.165, 1.54) is 12.1 Å². The van der Waals surface area contributed by atoms with Gasteiger partial charge >= 0.3 is 0 Å². The number of rotatable bonds is 6. The molecule has 0 amide bonds. The Morgan fingerprint density at radius 1 is 1.15 bits per heavy atom. The number of nitrogens with one attached hydrogen (secondary N) is 1. The zero-order valence-corrected chi connectivity index (χ0v) is 11.4. The molecule has 0 aliphatic carbocycles. The smallest absolute Gasteiger partial charge is 0.129 e. The van der Waals surface area contributed by atoms with Crippen LogP contribution in [0, 0.1) is 11.6 Å². The number of likely N-dealkylation sites (N-methyl/N-ethyl adjacent to an activating group) is 1. The number of halogens is 2. The fourth-order valence-electron chi connectivity index (χ4n) is 2.23. The molecule has 0 spiro atoms. The molecule has 0 saturated heterocycles. The Bertz CT molecular complexity index is 543. The number of aromatic nitrogens is 1. The molecule has 1 aromatic heterocycles. The lowest BCUT2D eigenvalue weighted by molar-refractivity contribution is 0.498. The highest BCUT2D eigenvalue weighted by molar-refractivity contribution is 5.20. The number of hydrogen-bond donors (Lipinski definition) is 1. The fourth-order valence-corrected chi connectivity index (χ4v) is 2.23. The molecule has 106 valence electrons. The van der Waals surface area contributed by atoms with Crippen LogP contribution in [0.1, 0.15) is 18.2 Å². The van der Waals surface area contributed by atoms with Crippen molar-refractivity contribution in [3.63, 3.8) is 0 Å². The van der Waals surface area contributed by atoms with Crippen LogP contribution in [-0.2, 0) is 12.8 Å². The summed E-state index contributed by atoms with van der Waals surface area (Å²) < 4.78 is 26.6. The van der Waals surface area contributed by atoms with Crippen molar-refractivity contribution in [3.8, 4) is 0 Å². The van der Waals surface area contributed by atoms with Gasteiger partial charge in [0.25, 0.3) is 0 Å². The number of benzene rings is 1. The van der Waals surface area contributed by atoms with Crippen molar-refractivity contribution in [2.75, 3.05) is 6.54 Å². The second-order valence-electron chi connectivity index (χ2n) is 4.72. The SMILES string of the molecule is CCNC(Cc1ccccn1)Cc1ccc(F)cc1F. The quantitative estimate of drug-likeness (QED) is 0.877. The first-order chi connectivity index (χ1) is 9.69. The summed E-state index contributed by atoms with van der Waals surface area (Å²) in [6.07, 6.45) is 2.97. The van der Waals surface area contributed by atoms with Crippen molar-refractivity contribution in [2.45, 2.75) is 25.8 Å². The summed E-state index contributed by atoms with van der Waals surface area (Å²) in [4.78, 5) is 4.29. The predicted molar refractivity (Wildman–Crippen MR) is 75.5 cm³/mol. The Kier molecular flexibility index (Phi) is 5.18. The average Bonchev–Trinajstić information content (AvgIpc) is 2.43. The lowest BCUT2D eigenvalue weighted by Crippen LogP contribution is -2.33. The number of pyridine rings is 1. The Morgan fingerprint density at radius 2 is 2.00 bits per heavy atom. The second kappa shape index (κ2) is 7.10. The van der Waals surface area contributed by atoms with Gasteiger partial charge in [0.2, 0.25) is 0 Å². The summed E-state index contributed by atoms with van der Waals surface area (Å²) in [6, 6.07) is 9.56. The van der Waals surface area contributed by atoms with Crippen LogP contribution in [0.15, 0.2) is 42.6 Å². The van der Waals surface area contributed by atoms with Gasteiger partial charge in [-0.2, -0.15) is 0 Å². The molecule has 1 atom stereocenters. The molecule has 2 aromatic rings. The minimum Gasteiger partial charge on any atom is -0.314 e. The number of nitrogens with zero attached hydrogens (tertiary/aromatic N) is 1. The van der Waals surface area contributed by atoms with E-state index in [-0.39, 0.29) is 6.04 Å². The van der Waals surface area contributed by atoms with Crippen LogP contribution < -0.4 is 5.32 Å². The first-order valence-electron chi connectivity index (χ1n) is 6.76. The molecule has 1 heterocycles. The molecule has 2 nitrogen and oxygen atoms in total. The molecule has 0 aliphatic heterocycles. The van der Waals surface area contributed by atoms with Crippen molar-refractivity contribution < 1.29 is 8.78 Å². The van der Waals surface area contributed by atoms with E-state index < -0.39 is 11.6 Å². The van der Waals surface area contributed by atoms with E-state index in [1.54, 1.807) is 6.20 Å². The van der Waals surface area contributed by atoms with Crippen LogP contribution in [0.3, 0.4) is 0 Å². The van der Waals surface area contributed by atoms with Crippen LogP contribution in [0.25, 0.3) is 0 Å². The van der Waals surface area contributed by atoms with E-state index >= 15 is 0 Å². The Hall–Kier alpha value is -1.81. The first-order valence-corrected chi connectivity index (χ1v) is 6.76. The molecule has 20 heavy (non-hydrogen) atoms. The van der Waals surface area contributed by atoms with Gasteiger partial charge in [-0.25, -0.2) is 8.78 Å². The van der Waals surface area contributed by atoms with Crippen LogP contribution in [0.5, 0.6) is 0 Å². The lowest BCUT2D eigenvalue weighted by atomic mass is 10.0. The van der Waals surface area contributed by atoms with Gasteiger partial charge < -0.3 is 5.32 Å². The molecule has 1 unspecified atom stereocenters. The Balaban J connectivity index is 2.09. The molecule has 2 rings (SSSR count). The highest BCUT2D eigenvalue weighted by atomic mass is 19.1. The van der Waals surface area contributed by atoms with Crippen LogP contribution in [0.2, 0.25) is 0 Å². The van der Waals surface area contributed by atoms with Crippen molar-refractivity contribution in [1.82, 2.24) is 10.3 Å². The van der Waals surface area contributed by atoms with E-state index in [4.69, 9.17) is 0 Å². The molecular formula is C16H18F2N2. The van der Waals surface area contributed by atoms with Gasteiger partial charge in [0.15, 0.2) is 0 Å². The van der Waals surface area contributed by atoms with Gasteiger partial charge in [-0.3, -0.25) is 4.98 Å². The van der Waals surface area contributed by atoms with Crippen molar-refractivity contribution >= 4 is 0 Å². The largest absolute Gasteiger partial charge is 0.314 e. The summed E-state index contributed by atoms with van der Waals surface area (Å²) in [6.45, 7) is 2.80. The molecule has 0 bridgehead atoms. The second-order valence-corrected chi connectivity index (χ2v) is 4.72. The summed E-state index contributed by atoms with van der Waals surface area (Å²) >= 11 is 0. The lowest BCUT2D eigenvalue weighted by Gasteiger charge is -2.18. The normalized spacial score (nSPS) is 12.3. The van der Waals surface area contributed by atoms with Gasteiger partial charge in [0, 0.05) is 30.4 Å². The van der Waals surface area contributed by atoms with Crippen LogP contribution in [0.4, 0.5) is 8.78 Å². The van der Waals surface area contributed by atoms with E-state index in [0.29, 0.717) is 18.4 Å². The van der Waals surface area contributed by atoms with Gasteiger partial charge in [0.05, 0.1) is 0 Å². The standard InChI is InChI=1S/C16H18F2N2/c1-2-19-15(11-14-5-3-4-8-20-14)9-12-6-7-13(17)10-16(12)18/h3-8,10,15,19H,2,9,11H2,1H3. The maximum Gasteiger partial charge on any atom is 0.129 e. The summed E-state index contributed by atoms with van der Waals surface area (Å²) in [5.41, 5.74) is 1.48. The molecule has 1 N–H and O–H groups in total. The van der Waals surface area contributed by atoms with E-state index in [2.05, 4.69) is 10.3 Å². The van der Waals surface area contributed by atoms with Gasteiger partial charge in [-0.15, -0.1) is 0 Å². The summed E-state index contributed by atoms with van der Waals surface area (Å²) in [5, 5.41) is 3.32. The molecular weight excluding hydrogens is 258 g/mol. The Labute approximate surface area is 117 Å². The average molecular weight is 276 g/mol. The molecule has 1 aromatic carbocycles. The first kappa shape index (κ1) is 14.6. The maximum absolute atomic E-state index is 13.7. The third-order valence-corrected chi connectivity index (χ3v) is 3.16. The minimum atomic E-state index is -0.545. The third kappa shape index (κ3) is 4.10. The van der Waals surface area contributed by atoms with Crippen LogP contribution >= 0.6 is 0 Å². The predicted octanol–water partition coefficient (Wildman–Crippen LogP) is 3.12. The molecule has 0 saturated carbocycles. The monoisotopic (exact) mass is 276 g/mol. The highest BCUT2D eigenvalue weighted by Crippen LogP contribution is 2.13. The minimum absolute atomic E-state index is 0.0786. The molecule has 4 heteroatoms. The summed E-state index contributed by atoms with van der Waals surface area (Å²) in [5.74, 6) is -1.04. The molecule has 0 aliphatic rings. The van der Waals surface area contributed by atoms with E-state index in [1.807, 2.05) is 25.1 Å². The van der Waals surface area contributed by atoms with E-state index in [0.717, 1.165) is 18.3 Å². The number of hydrogen-bond acceptors (Lipinski definition) is 2. The van der Waals surface area contributed by atoms with Crippen molar-refractivity contribution in [2.24, 2.45) is 0 Å². The van der Waals surface area contributed by atoms with Gasteiger partial charge in [-0.1, -0.05) is 19.1 Å². The topological polar surface area (TPSA) is 24.9 Å². The van der Waals surface area contributed by atoms with Crippen molar-refractivity contribution in [1.29, 1.82) is 0 Å². The Morgan fingerprint density at radius 3 is 2.65 bits per heavy atom. The van der Waals surface area contributed by atoms with Gasteiger partial charge in [-0.05, 0) is 36.7 Å². The molecule has 0 radical (unpaired) electrons. The van der Waals surface area contributed by atoms with Crippen LogP contribution in [-0.4, -0.2) is 17.6 Å².